The minimum absolute atomic E-state index is 0.0578. The fraction of sp³-hybridized carbons (Fsp3) is 0.350. The third-order valence-electron chi connectivity index (χ3n) is 4.12. The van der Waals surface area contributed by atoms with Crippen LogP contribution in [0, 0.1) is 6.92 Å². The topological polar surface area (TPSA) is 58.6 Å². The number of ether oxygens (including phenoxy) is 1. The first-order valence-electron chi connectivity index (χ1n) is 8.57. The van der Waals surface area contributed by atoms with Crippen LogP contribution in [0.25, 0.3) is 6.08 Å². The zero-order valence-electron chi connectivity index (χ0n) is 15.6. The fourth-order valence-electron chi connectivity index (χ4n) is 2.75. The van der Waals surface area contributed by atoms with E-state index in [1.165, 1.54) is 4.90 Å². The summed E-state index contributed by atoms with van der Waals surface area (Å²) < 4.78 is 5.73. The Morgan fingerprint density at radius 2 is 2.04 bits per heavy atom. The minimum Gasteiger partial charge on any atom is -0.494 e. The second kappa shape index (κ2) is 8.27. The molecule has 1 saturated heterocycles. The number of rotatable bonds is 6. The molecule has 0 unspecified atom stereocenters. The Morgan fingerprint density at radius 3 is 2.62 bits per heavy atom. The SMILES string of the molecule is C=CCN1C(=O)/C(=C/c2cc(C(C)C)c(OCC)cc2C)C(=O)NC1=S. The lowest BCUT2D eigenvalue weighted by molar-refractivity contribution is -0.128. The Bertz CT molecular complexity index is 796. The second-order valence-corrected chi connectivity index (χ2v) is 6.74. The molecular weight excluding hydrogens is 348 g/mol. The third-order valence-corrected chi connectivity index (χ3v) is 4.44. The van der Waals surface area contributed by atoms with Gasteiger partial charge in [-0.05, 0) is 66.9 Å². The molecule has 0 aromatic heterocycles. The van der Waals surface area contributed by atoms with E-state index in [-0.39, 0.29) is 23.1 Å². The summed E-state index contributed by atoms with van der Waals surface area (Å²) in [6.07, 6.45) is 3.19. The summed E-state index contributed by atoms with van der Waals surface area (Å²) in [5, 5.41) is 2.66. The number of carbonyl (C=O) groups excluding carboxylic acids is 2. The van der Waals surface area contributed by atoms with Crippen molar-refractivity contribution < 1.29 is 14.3 Å². The van der Waals surface area contributed by atoms with E-state index in [0.717, 1.165) is 22.4 Å². The van der Waals surface area contributed by atoms with Crippen LogP contribution >= 0.6 is 12.2 Å². The highest BCUT2D eigenvalue weighted by molar-refractivity contribution is 7.80. The number of nitrogens with zero attached hydrogens (tertiary/aromatic N) is 1. The van der Waals surface area contributed by atoms with Crippen molar-refractivity contribution in [2.24, 2.45) is 0 Å². The molecule has 6 heteroatoms. The highest BCUT2D eigenvalue weighted by Crippen LogP contribution is 2.31. The number of hydrogen-bond donors (Lipinski definition) is 1. The Labute approximate surface area is 159 Å². The highest BCUT2D eigenvalue weighted by Gasteiger charge is 2.32. The van der Waals surface area contributed by atoms with Crippen molar-refractivity contribution in [1.29, 1.82) is 0 Å². The molecule has 0 bridgehead atoms. The number of aryl methyl sites for hydroxylation is 1. The lowest BCUT2D eigenvalue weighted by atomic mass is 9.95. The normalized spacial score (nSPS) is 16.3. The van der Waals surface area contributed by atoms with E-state index in [9.17, 15) is 9.59 Å². The predicted octanol–water partition coefficient (Wildman–Crippen LogP) is 3.33. The number of carbonyl (C=O) groups is 2. The number of nitrogens with one attached hydrogen (secondary N) is 1. The first-order chi connectivity index (χ1) is 12.3. The zero-order valence-corrected chi connectivity index (χ0v) is 16.4. The van der Waals surface area contributed by atoms with Crippen molar-refractivity contribution in [3.05, 3.63) is 47.1 Å². The average Bonchev–Trinajstić information content (AvgIpc) is 2.57. The molecule has 2 rings (SSSR count). The van der Waals surface area contributed by atoms with E-state index in [4.69, 9.17) is 17.0 Å². The van der Waals surface area contributed by atoms with Crippen molar-refractivity contribution >= 4 is 35.2 Å². The van der Waals surface area contributed by atoms with E-state index in [1.807, 2.05) is 26.0 Å². The van der Waals surface area contributed by atoms with Crippen LogP contribution in [0.5, 0.6) is 5.75 Å². The number of thiocarbonyl (C=S) groups is 1. The Hall–Kier alpha value is -2.47. The van der Waals surface area contributed by atoms with Crippen LogP contribution in [-0.4, -0.2) is 35.0 Å². The van der Waals surface area contributed by atoms with Gasteiger partial charge in [0.1, 0.15) is 11.3 Å². The van der Waals surface area contributed by atoms with Crippen molar-refractivity contribution in [3.8, 4) is 5.75 Å². The summed E-state index contributed by atoms with van der Waals surface area (Å²) in [5.74, 6) is 0.170. The summed E-state index contributed by atoms with van der Waals surface area (Å²) in [4.78, 5) is 26.3. The van der Waals surface area contributed by atoms with Crippen LogP contribution in [0.15, 0.2) is 30.4 Å². The van der Waals surface area contributed by atoms with Crippen LogP contribution in [0.3, 0.4) is 0 Å². The van der Waals surface area contributed by atoms with E-state index in [0.29, 0.717) is 6.61 Å². The maximum absolute atomic E-state index is 12.7. The van der Waals surface area contributed by atoms with Gasteiger partial charge in [-0.15, -0.1) is 6.58 Å². The molecule has 1 aliphatic rings. The first-order valence-corrected chi connectivity index (χ1v) is 8.98. The standard InChI is InChI=1S/C20H24N2O3S/c1-6-8-22-19(24)16(18(23)21-20(22)26)11-14-10-15(12(3)4)17(25-7-2)9-13(14)5/h6,9-12H,1,7-8H2,2-5H3,(H,21,23,26)/b16-11+. The van der Waals surface area contributed by atoms with Crippen molar-refractivity contribution in [2.75, 3.05) is 13.2 Å². The summed E-state index contributed by atoms with van der Waals surface area (Å²) >= 11 is 5.07. The van der Waals surface area contributed by atoms with Crippen LogP contribution < -0.4 is 10.1 Å². The molecule has 1 aromatic rings. The largest absolute Gasteiger partial charge is 0.494 e. The molecule has 0 aliphatic carbocycles. The fourth-order valence-corrected chi connectivity index (χ4v) is 3.00. The summed E-state index contributed by atoms with van der Waals surface area (Å²) in [6, 6.07) is 3.92. The van der Waals surface area contributed by atoms with Gasteiger partial charge < -0.3 is 4.74 Å². The maximum atomic E-state index is 12.7. The van der Waals surface area contributed by atoms with Crippen molar-refractivity contribution in [3.63, 3.8) is 0 Å². The van der Waals surface area contributed by atoms with Crippen molar-refractivity contribution in [2.45, 2.75) is 33.6 Å². The molecule has 1 aliphatic heterocycles. The summed E-state index contributed by atoms with van der Waals surface area (Å²) in [5.41, 5.74) is 2.82. The zero-order chi connectivity index (χ0) is 19.4. The minimum atomic E-state index is -0.486. The van der Waals surface area contributed by atoms with E-state index in [1.54, 1.807) is 12.2 Å². The van der Waals surface area contributed by atoms with Gasteiger partial charge in [-0.2, -0.15) is 0 Å². The molecule has 0 spiro atoms. The van der Waals surface area contributed by atoms with Crippen LogP contribution in [0.4, 0.5) is 0 Å². The Morgan fingerprint density at radius 1 is 1.35 bits per heavy atom. The van der Waals surface area contributed by atoms with Crippen LogP contribution in [0.2, 0.25) is 0 Å². The van der Waals surface area contributed by atoms with E-state index in [2.05, 4.69) is 25.7 Å². The van der Waals surface area contributed by atoms with Gasteiger partial charge in [-0.3, -0.25) is 19.8 Å². The summed E-state index contributed by atoms with van der Waals surface area (Å²) in [7, 11) is 0. The molecule has 1 N–H and O–H groups in total. The molecular formula is C20H24N2O3S. The van der Waals surface area contributed by atoms with Gasteiger partial charge in [0.25, 0.3) is 11.8 Å². The quantitative estimate of drug-likeness (QED) is 0.360. The maximum Gasteiger partial charge on any atom is 0.265 e. The molecule has 1 fully saturated rings. The predicted molar refractivity (Wildman–Crippen MR) is 107 cm³/mol. The van der Waals surface area contributed by atoms with Crippen LogP contribution in [0.1, 0.15) is 43.4 Å². The molecule has 0 atom stereocenters. The van der Waals surface area contributed by atoms with Gasteiger partial charge >= 0.3 is 0 Å². The van der Waals surface area contributed by atoms with Gasteiger partial charge in [0.05, 0.1) is 6.61 Å². The average molecular weight is 372 g/mol. The first kappa shape index (κ1) is 19.8. The molecule has 1 heterocycles. The van der Waals surface area contributed by atoms with Gasteiger partial charge in [-0.1, -0.05) is 19.9 Å². The molecule has 0 saturated carbocycles. The van der Waals surface area contributed by atoms with Gasteiger partial charge in [0.15, 0.2) is 5.11 Å². The molecule has 5 nitrogen and oxygen atoms in total. The molecule has 26 heavy (non-hydrogen) atoms. The lowest BCUT2D eigenvalue weighted by Gasteiger charge is -2.28. The smallest absolute Gasteiger partial charge is 0.265 e. The lowest BCUT2D eigenvalue weighted by Crippen LogP contribution is -2.53. The van der Waals surface area contributed by atoms with Gasteiger partial charge in [-0.25, -0.2) is 0 Å². The Kier molecular flexibility index (Phi) is 6.32. The number of benzene rings is 1. The molecule has 2 amide bonds. The van der Waals surface area contributed by atoms with Crippen molar-refractivity contribution in [1.82, 2.24) is 10.2 Å². The van der Waals surface area contributed by atoms with E-state index < -0.39 is 11.8 Å². The van der Waals surface area contributed by atoms with Gasteiger partial charge in [0.2, 0.25) is 0 Å². The monoisotopic (exact) mass is 372 g/mol. The Balaban J connectivity index is 2.51. The number of amides is 2. The van der Waals surface area contributed by atoms with Gasteiger partial charge in [0, 0.05) is 6.54 Å². The third kappa shape index (κ3) is 4.02. The second-order valence-electron chi connectivity index (χ2n) is 6.36. The van der Waals surface area contributed by atoms with Crippen LogP contribution in [-0.2, 0) is 9.59 Å². The molecule has 0 radical (unpaired) electrons. The summed E-state index contributed by atoms with van der Waals surface area (Å²) in [6.45, 7) is 12.5. The number of hydrogen-bond acceptors (Lipinski definition) is 4. The van der Waals surface area contributed by atoms with E-state index >= 15 is 0 Å². The molecule has 1 aromatic carbocycles. The molecule has 138 valence electrons. The highest BCUT2D eigenvalue weighted by atomic mass is 32.1.